The summed E-state index contributed by atoms with van der Waals surface area (Å²) in [6.45, 7) is 0. The highest BCUT2D eigenvalue weighted by atomic mass is 79.9. The molecule has 1 amide bonds. The van der Waals surface area contributed by atoms with Crippen molar-refractivity contribution in [2.45, 2.75) is 11.2 Å². The van der Waals surface area contributed by atoms with Gasteiger partial charge in [0.05, 0.1) is 11.2 Å². The van der Waals surface area contributed by atoms with E-state index in [0.29, 0.717) is 17.7 Å². The second-order valence-corrected chi connectivity index (χ2v) is 4.80. The number of Topliss-reactive ketones (excluding diaryl/α,β-unsaturated/α-hetero) is 1. The number of halogens is 1. The van der Waals surface area contributed by atoms with Crippen molar-refractivity contribution < 1.29 is 19.5 Å². The second kappa shape index (κ2) is 6.30. The van der Waals surface area contributed by atoms with Gasteiger partial charge in [-0.3, -0.25) is 14.4 Å². The number of benzene rings is 1. The largest absolute Gasteiger partial charge is 0.481 e. The van der Waals surface area contributed by atoms with Crippen LogP contribution >= 0.6 is 15.9 Å². The van der Waals surface area contributed by atoms with E-state index in [9.17, 15) is 14.4 Å². The molecule has 1 rings (SSSR count). The van der Waals surface area contributed by atoms with Crippen molar-refractivity contribution in [2.24, 2.45) is 0 Å². The van der Waals surface area contributed by atoms with Crippen molar-refractivity contribution in [1.29, 1.82) is 0 Å². The number of rotatable bonds is 6. The van der Waals surface area contributed by atoms with Crippen molar-refractivity contribution >= 4 is 39.8 Å². The Balaban J connectivity index is 2.81. The van der Waals surface area contributed by atoms with E-state index in [-0.39, 0.29) is 12.2 Å². The molecule has 0 spiro atoms. The van der Waals surface area contributed by atoms with Crippen molar-refractivity contribution in [3.05, 3.63) is 29.8 Å². The summed E-state index contributed by atoms with van der Waals surface area (Å²) < 4.78 is 0. The Hall–Kier alpha value is -1.69. The zero-order chi connectivity index (χ0) is 13.7. The second-order valence-electron chi connectivity index (χ2n) is 3.69. The van der Waals surface area contributed by atoms with Crippen LogP contribution < -0.4 is 4.90 Å². The minimum absolute atomic E-state index is 0.269. The van der Waals surface area contributed by atoms with Crippen LogP contribution in [0.2, 0.25) is 0 Å². The van der Waals surface area contributed by atoms with E-state index in [4.69, 9.17) is 5.11 Å². The quantitative estimate of drug-likeness (QED) is 0.493. The van der Waals surface area contributed by atoms with Crippen molar-refractivity contribution in [1.82, 2.24) is 0 Å². The van der Waals surface area contributed by atoms with Crippen LogP contribution in [0.15, 0.2) is 24.3 Å². The summed E-state index contributed by atoms with van der Waals surface area (Å²) in [7, 11) is 1.60. The number of ketones is 1. The van der Waals surface area contributed by atoms with Crippen LogP contribution in [0, 0.1) is 0 Å². The van der Waals surface area contributed by atoms with Crippen LogP contribution in [0.25, 0.3) is 0 Å². The highest BCUT2D eigenvalue weighted by Crippen LogP contribution is 2.17. The summed E-state index contributed by atoms with van der Waals surface area (Å²) in [5.41, 5.74) is 1.06. The molecule has 0 heterocycles. The lowest BCUT2D eigenvalue weighted by molar-refractivity contribution is -0.136. The van der Waals surface area contributed by atoms with Gasteiger partial charge in [-0.25, -0.2) is 0 Å². The van der Waals surface area contributed by atoms with E-state index in [0.717, 1.165) is 0 Å². The first-order valence-corrected chi connectivity index (χ1v) is 6.05. The highest BCUT2D eigenvalue weighted by molar-refractivity contribution is 9.10. The van der Waals surface area contributed by atoms with Gasteiger partial charge in [0.2, 0.25) is 6.41 Å². The number of carbonyl (C=O) groups excluding carboxylic acids is 2. The Bertz CT molecular complexity index is 458. The number of alkyl halides is 1. The first-order valence-electron chi connectivity index (χ1n) is 5.14. The number of aliphatic carboxylic acids is 1. The van der Waals surface area contributed by atoms with E-state index in [1.54, 1.807) is 31.3 Å². The third-order valence-corrected chi connectivity index (χ3v) is 3.10. The summed E-state index contributed by atoms with van der Waals surface area (Å²) in [6, 6.07) is 6.38. The molecular weight excluding hydrogens is 302 g/mol. The molecule has 0 fully saturated rings. The molecule has 0 aromatic heterocycles. The molecule has 18 heavy (non-hydrogen) atoms. The van der Waals surface area contributed by atoms with Gasteiger partial charge in [-0.15, -0.1) is 0 Å². The number of carboxylic acids is 1. The predicted molar refractivity (Wildman–Crippen MR) is 70.2 cm³/mol. The van der Waals surface area contributed by atoms with Crippen LogP contribution in [-0.4, -0.2) is 35.1 Å². The zero-order valence-corrected chi connectivity index (χ0v) is 11.3. The molecular formula is C12H12BrNO4. The lowest BCUT2D eigenvalue weighted by atomic mass is 10.1. The van der Waals surface area contributed by atoms with Gasteiger partial charge in [0.1, 0.15) is 0 Å². The van der Waals surface area contributed by atoms with Gasteiger partial charge in [-0.1, -0.05) is 15.9 Å². The van der Waals surface area contributed by atoms with Gasteiger partial charge < -0.3 is 10.0 Å². The number of hydrogen-bond acceptors (Lipinski definition) is 3. The molecule has 0 aliphatic heterocycles. The average molecular weight is 314 g/mol. The molecule has 1 N–H and O–H groups in total. The Morgan fingerprint density at radius 1 is 1.39 bits per heavy atom. The molecule has 1 aromatic rings. The molecule has 96 valence electrons. The molecule has 1 atom stereocenters. The van der Waals surface area contributed by atoms with Gasteiger partial charge in [0.25, 0.3) is 0 Å². The Kier molecular flexibility index (Phi) is 5.03. The Morgan fingerprint density at radius 3 is 2.39 bits per heavy atom. The summed E-state index contributed by atoms with van der Waals surface area (Å²) in [5.74, 6) is -1.33. The maximum absolute atomic E-state index is 11.8. The van der Waals surface area contributed by atoms with Gasteiger partial charge >= 0.3 is 5.97 Å². The highest BCUT2D eigenvalue weighted by Gasteiger charge is 2.19. The summed E-state index contributed by atoms with van der Waals surface area (Å²) in [4.78, 5) is 33.5. The summed E-state index contributed by atoms with van der Waals surface area (Å²) >= 11 is 3.04. The maximum atomic E-state index is 11.8. The first-order chi connectivity index (χ1) is 8.45. The smallest absolute Gasteiger partial charge is 0.304 e. The number of carbonyl (C=O) groups is 3. The Labute approximate surface area is 113 Å². The zero-order valence-electron chi connectivity index (χ0n) is 9.67. The van der Waals surface area contributed by atoms with E-state index in [1.807, 2.05) is 0 Å². The summed E-state index contributed by atoms with van der Waals surface area (Å²) in [5, 5.41) is 8.60. The molecule has 0 saturated carbocycles. The fourth-order valence-corrected chi connectivity index (χ4v) is 1.89. The van der Waals surface area contributed by atoms with E-state index in [2.05, 4.69) is 15.9 Å². The van der Waals surface area contributed by atoms with Crippen LogP contribution in [0.3, 0.4) is 0 Å². The summed E-state index contributed by atoms with van der Waals surface area (Å²) in [6.07, 6.45) is 0.392. The maximum Gasteiger partial charge on any atom is 0.304 e. The molecule has 0 saturated heterocycles. The number of anilines is 1. The normalized spacial score (nSPS) is 11.7. The minimum Gasteiger partial charge on any atom is -0.481 e. The molecule has 5 nitrogen and oxygen atoms in total. The van der Waals surface area contributed by atoms with Gasteiger partial charge in [0, 0.05) is 18.3 Å². The standard InChI is InChI=1S/C12H12BrNO4/c1-14(7-15)9-4-2-8(3-5-9)12(18)10(13)6-11(16)17/h2-5,7,10H,6H2,1H3,(H,16,17). The van der Waals surface area contributed by atoms with Crippen LogP contribution in [0.1, 0.15) is 16.8 Å². The fraction of sp³-hybridized carbons (Fsp3) is 0.250. The van der Waals surface area contributed by atoms with E-state index < -0.39 is 10.8 Å². The van der Waals surface area contributed by atoms with Crippen LogP contribution in [-0.2, 0) is 9.59 Å². The topological polar surface area (TPSA) is 74.7 Å². The molecule has 1 aromatic carbocycles. The van der Waals surface area contributed by atoms with Gasteiger partial charge in [0.15, 0.2) is 5.78 Å². The van der Waals surface area contributed by atoms with E-state index in [1.165, 1.54) is 4.90 Å². The van der Waals surface area contributed by atoms with Gasteiger partial charge in [-0.2, -0.15) is 0 Å². The Morgan fingerprint density at radius 2 is 1.94 bits per heavy atom. The molecule has 0 radical (unpaired) electrons. The van der Waals surface area contributed by atoms with Crippen molar-refractivity contribution in [3.8, 4) is 0 Å². The monoisotopic (exact) mass is 313 g/mol. The molecule has 1 unspecified atom stereocenters. The van der Waals surface area contributed by atoms with Crippen LogP contribution in [0.5, 0.6) is 0 Å². The lowest BCUT2D eigenvalue weighted by Gasteiger charge is -2.11. The SMILES string of the molecule is CN(C=O)c1ccc(C(=O)C(Br)CC(=O)O)cc1. The fourth-order valence-electron chi connectivity index (χ4n) is 1.35. The van der Waals surface area contributed by atoms with Crippen LogP contribution in [0.4, 0.5) is 5.69 Å². The predicted octanol–water partition coefficient (Wildman–Crippen LogP) is 1.70. The van der Waals surface area contributed by atoms with Crippen molar-refractivity contribution in [3.63, 3.8) is 0 Å². The molecule has 0 aliphatic rings. The average Bonchev–Trinajstić information content (AvgIpc) is 2.36. The third kappa shape index (κ3) is 3.66. The molecule has 6 heteroatoms. The number of carboxylic acid groups (broad SMARTS) is 1. The molecule has 0 aliphatic carbocycles. The third-order valence-electron chi connectivity index (χ3n) is 2.36. The van der Waals surface area contributed by atoms with Gasteiger partial charge in [-0.05, 0) is 24.3 Å². The minimum atomic E-state index is -1.04. The number of nitrogens with zero attached hydrogens (tertiary/aromatic N) is 1. The number of amides is 1. The molecule has 0 bridgehead atoms. The van der Waals surface area contributed by atoms with E-state index >= 15 is 0 Å². The first kappa shape index (κ1) is 14.4. The lowest BCUT2D eigenvalue weighted by Crippen LogP contribution is -2.18. The number of hydrogen-bond donors (Lipinski definition) is 1. The van der Waals surface area contributed by atoms with Crippen molar-refractivity contribution in [2.75, 3.05) is 11.9 Å².